The monoisotopic (exact) mass is 363 g/mol. The van der Waals surface area contributed by atoms with Gasteiger partial charge in [-0.2, -0.15) is 4.99 Å². The van der Waals surface area contributed by atoms with E-state index >= 15 is 0 Å². The highest BCUT2D eigenvalue weighted by Gasteiger charge is 2.17. The van der Waals surface area contributed by atoms with Gasteiger partial charge in [-0.05, 0) is 48.6 Å². The van der Waals surface area contributed by atoms with Crippen molar-refractivity contribution in [2.45, 2.75) is 19.8 Å². The van der Waals surface area contributed by atoms with Crippen LogP contribution in [0.4, 0.5) is 4.79 Å². The molecule has 132 valence electrons. The number of urea groups is 1. The van der Waals surface area contributed by atoms with E-state index in [4.69, 9.17) is 0 Å². The van der Waals surface area contributed by atoms with Crippen molar-refractivity contribution in [3.05, 3.63) is 70.5 Å². The maximum atomic E-state index is 12.4. The number of aryl methyl sites for hydroxylation is 1. The molecule has 2 amide bonds. The number of amides is 2. The fourth-order valence-electron chi connectivity index (χ4n) is 3.35. The van der Waals surface area contributed by atoms with Gasteiger partial charge in [-0.3, -0.25) is 4.57 Å². The second kappa shape index (κ2) is 7.30. The van der Waals surface area contributed by atoms with Crippen molar-refractivity contribution in [1.82, 2.24) is 9.47 Å². The van der Waals surface area contributed by atoms with Crippen molar-refractivity contribution in [2.24, 2.45) is 4.99 Å². The van der Waals surface area contributed by atoms with E-state index in [9.17, 15) is 4.79 Å². The first-order valence-electron chi connectivity index (χ1n) is 8.88. The third-order valence-electron chi connectivity index (χ3n) is 4.73. The normalized spacial score (nSPS) is 14.8. The number of rotatable bonds is 2. The van der Waals surface area contributed by atoms with Crippen LogP contribution in [0.2, 0.25) is 0 Å². The number of likely N-dealkylation sites (tertiary alicyclic amines) is 1. The summed E-state index contributed by atoms with van der Waals surface area (Å²) in [6, 6.07) is 16.6. The van der Waals surface area contributed by atoms with E-state index in [2.05, 4.69) is 54.4 Å². The lowest BCUT2D eigenvalue weighted by atomic mass is 10.00. The minimum Gasteiger partial charge on any atom is -0.323 e. The van der Waals surface area contributed by atoms with Crippen LogP contribution in [0, 0.1) is 6.92 Å². The van der Waals surface area contributed by atoms with Crippen molar-refractivity contribution in [1.29, 1.82) is 0 Å². The average molecular weight is 363 g/mol. The molecule has 0 unspecified atom stereocenters. The Labute approximate surface area is 157 Å². The summed E-state index contributed by atoms with van der Waals surface area (Å²) in [7, 11) is 0. The predicted octanol–water partition coefficient (Wildman–Crippen LogP) is 4.63. The first kappa shape index (κ1) is 16.8. The van der Waals surface area contributed by atoms with Crippen molar-refractivity contribution >= 4 is 17.4 Å². The lowest BCUT2D eigenvalue weighted by Crippen LogP contribution is -2.27. The standard InChI is InChI=1S/C21H21N3OS/c1-16-15-18(9-10-19(16)17-7-3-2-4-8-17)24-13-14-26-21(24)22-20(25)23-11-5-6-12-23/h2-4,7-10,13-15H,5-6,11-12H2,1H3/b22-21-. The van der Waals surface area contributed by atoms with E-state index < -0.39 is 0 Å². The summed E-state index contributed by atoms with van der Waals surface area (Å²) in [4.78, 5) is 19.3. The van der Waals surface area contributed by atoms with E-state index in [1.165, 1.54) is 28.0 Å². The molecule has 0 atom stereocenters. The van der Waals surface area contributed by atoms with Crippen molar-refractivity contribution < 1.29 is 4.79 Å². The number of carbonyl (C=O) groups excluding carboxylic acids is 1. The highest BCUT2D eigenvalue weighted by molar-refractivity contribution is 7.07. The molecule has 1 aliphatic heterocycles. The average Bonchev–Trinajstić information content (AvgIpc) is 3.34. The summed E-state index contributed by atoms with van der Waals surface area (Å²) < 4.78 is 1.99. The fourth-order valence-corrected chi connectivity index (χ4v) is 4.06. The maximum absolute atomic E-state index is 12.4. The number of hydrogen-bond acceptors (Lipinski definition) is 2. The van der Waals surface area contributed by atoms with Crippen molar-refractivity contribution in [3.8, 4) is 16.8 Å². The molecule has 1 fully saturated rings. The zero-order valence-electron chi connectivity index (χ0n) is 14.8. The highest BCUT2D eigenvalue weighted by Crippen LogP contribution is 2.25. The molecule has 0 aliphatic carbocycles. The van der Waals surface area contributed by atoms with Crippen LogP contribution in [0.25, 0.3) is 16.8 Å². The molecule has 1 saturated heterocycles. The number of nitrogens with zero attached hydrogens (tertiary/aromatic N) is 3. The summed E-state index contributed by atoms with van der Waals surface area (Å²) >= 11 is 1.49. The number of carbonyl (C=O) groups is 1. The van der Waals surface area contributed by atoms with Crippen LogP contribution in [-0.2, 0) is 0 Å². The molecule has 5 heteroatoms. The molecule has 4 nitrogen and oxygen atoms in total. The predicted molar refractivity (Wildman–Crippen MR) is 106 cm³/mol. The molecule has 1 aliphatic rings. The lowest BCUT2D eigenvalue weighted by molar-refractivity contribution is 0.218. The molecule has 0 radical (unpaired) electrons. The van der Waals surface area contributed by atoms with Crippen LogP contribution in [-0.4, -0.2) is 28.6 Å². The minimum absolute atomic E-state index is 0.128. The van der Waals surface area contributed by atoms with E-state index in [-0.39, 0.29) is 6.03 Å². The summed E-state index contributed by atoms with van der Waals surface area (Å²) in [5.74, 6) is 0. The quantitative estimate of drug-likeness (QED) is 0.654. The Kier molecular flexibility index (Phi) is 4.71. The third kappa shape index (κ3) is 3.35. The highest BCUT2D eigenvalue weighted by atomic mass is 32.1. The van der Waals surface area contributed by atoms with Crippen LogP contribution >= 0.6 is 11.3 Å². The van der Waals surface area contributed by atoms with Crippen molar-refractivity contribution in [2.75, 3.05) is 13.1 Å². The largest absolute Gasteiger partial charge is 0.346 e. The van der Waals surface area contributed by atoms with Crippen LogP contribution < -0.4 is 4.80 Å². The van der Waals surface area contributed by atoms with Crippen LogP contribution in [0.3, 0.4) is 0 Å². The first-order chi connectivity index (χ1) is 12.7. The second-order valence-corrected chi connectivity index (χ2v) is 7.38. The van der Waals surface area contributed by atoms with Crippen molar-refractivity contribution in [3.63, 3.8) is 0 Å². The molecular weight excluding hydrogens is 342 g/mol. The van der Waals surface area contributed by atoms with E-state index in [1.54, 1.807) is 0 Å². The molecule has 3 aromatic rings. The van der Waals surface area contributed by atoms with Gasteiger partial charge in [0.1, 0.15) is 0 Å². The molecule has 0 bridgehead atoms. The molecule has 26 heavy (non-hydrogen) atoms. The van der Waals surface area contributed by atoms with Gasteiger partial charge in [0.25, 0.3) is 0 Å². The topological polar surface area (TPSA) is 37.6 Å². The number of benzene rings is 2. The van der Waals surface area contributed by atoms with E-state index in [0.29, 0.717) is 4.80 Å². The zero-order chi connectivity index (χ0) is 17.9. The Hall–Kier alpha value is -2.66. The summed E-state index contributed by atoms with van der Waals surface area (Å²) in [6.45, 7) is 3.75. The molecule has 2 heterocycles. The Morgan fingerprint density at radius 1 is 1.08 bits per heavy atom. The fraction of sp³-hybridized carbons (Fsp3) is 0.238. The smallest absolute Gasteiger partial charge is 0.323 e. The van der Waals surface area contributed by atoms with Gasteiger partial charge in [-0.1, -0.05) is 36.4 Å². The molecule has 4 rings (SSSR count). The van der Waals surface area contributed by atoms with E-state index in [1.807, 2.05) is 27.1 Å². The number of hydrogen-bond donors (Lipinski definition) is 0. The maximum Gasteiger partial charge on any atom is 0.346 e. The summed E-state index contributed by atoms with van der Waals surface area (Å²) in [5.41, 5.74) is 4.65. The molecule has 0 spiro atoms. The van der Waals surface area contributed by atoms with Gasteiger partial charge in [-0.15, -0.1) is 11.3 Å². The minimum atomic E-state index is -0.128. The lowest BCUT2D eigenvalue weighted by Gasteiger charge is -2.11. The Bertz CT molecular complexity index is 982. The Balaban J connectivity index is 1.68. The van der Waals surface area contributed by atoms with Gasteiger partial charge >= 0.3 is 6.03 Å². The van der Waals surface area contributed by atoms with Gasteiger partial charge in [-0.25, -0.2) is 4.79 Å². The first-order valence-corrected chi connectivity index (χ1v) is 9.76. The molecule has 0 N–H and O–H groups in total. The molecule has 2 aromatic carbocycles. The zero-order valence-corrected chi connectivity index (χ0v) is 15.6. The molecular formula is C21H21N3OS. The Morgan fingerprint density at radius 3 is 2.58 bits per heavy atom. The van der Waals surface area contributed by atoms with Gasteiger partial charge in [0.2, 0.25) is 0 Å². The van der Waals surface area contributed by atoms with Gasteiger partial charge in [0, 0.05) is 30.4 Å². The molecule has 0 saturated carbocycles. The number of aromatic nitrogens is 1. The third-order valence-corrected chi connectivity index (χ3v) is 5.49. The summed E-state index contributed by atoms with van der Waals surface area (Å²) in [5, 5.41) is 1.97. The van der Waals surface area contributed by atoms with Gasteiger partial charge < -0.3 is 4.90 Å². The van der Waals surface area contributed by atoms with Crippen LogP contribution in [0.5, 0.6) is 0 Å². The Morgan fingerprint density at radius 2 is 1.85 bits per heavy atom. The van der Waals surface area contributed by atoms with E-state index in [0.717, 1.165) is 31.6 Å². The van der Waals surface area contributed by atoms with Gasteiger partial charge in [0.15, 0.2) is 4.80 Å². The molecule has 1 aromatic heterocycles. The second-order valence-electron chi connectivity index (χ2n) is 6.51. The van der Waals surface area contributed by atoms with Crippen LogP contribution in [0.15, 0.2) is 65.1 Å². The SMILES string of the molecule is Cc1cc(-n2ccs/c2=N\C(=O)N2CCCC2)ccc1-c1ccccc1. The van der Waals surface area contributed by atoms with Crippen LogP contribution in [0.1, 0.15) is 18.4 Å². The van der Waals surface area contributed by atoms with Gasteiger partial charge in [0.05, 0.1) is 0 Å². The number of thiazole rings is 1. The summed E-state index contributed by atoms with van der Waals surface area (Å²) in [6.07, 6.45) is 4.12.